The number of aromatic nitrogens is 1. The van der Waals surface area contributed by atoms with Crippen molar-refractivity contribution >= 4 is 28.5 Å². The molecule has 0 saturated heterocycles. The van der Waals surface area contributed by atoms with Crippen LogP contribution >= 0.6 is 11.6 Å². The van der Waals surface area contributed by atoms with Crippen LogP contribution < -0.4 is 0 Å². The predicted molar refractivity (Wildman–Crippen MR) is 80.3 cm³/mol. The Balaban J connectivity index is 2.29. The van der Waals surface area contributed by atoms with E-state index in [9.17, 15) is 9.18 Å². The third kappa shape index (κ3) is 2.28. The molecule has 1 heterocycles. The Bertz CT molecular complexity index is 870. The normalized spacial score (nSPS) is 11.0. The lowest BCUT2D eigenvalue weighted by molar-refractivity contribution is 0.0697. The SMILES string of the molecule is Cn1cc(-c2cc(Cl)ccc2F)c2ccc(C(=O)O)cc21. The summed E-state index contributed by atoms with van der Waals surface area (Å²) in [7, 11) is 1.79. The summed E-state index contributed by atoms with van der Waals surface area (Å²) in [6, 6.07) is 9.15. The Morgan fingerprint density at radius 2 is 1.95 bits per heavy atom. The van der Waals surface area contributed by atoms with E-state index in [-0.39, 0.29) is 11.4 Å². The van der Waals surface area contributed by atoms with E-state index in [1.165, 1.54) is 18.2 Å². The molecule has 3 nitrogen and oxygen atoms in total. The van der Waals surface area contributed by atoms with Gasteiger partial charge in [0.25, 0.3) is 0 Å². The van der Waals surface area contributed by atoms with Crippen LogP contribution in [0.1, 0.15) is 10.4 Å². The fourth-order valence-electron chi connectivity index (χ4n) is 2.44. The molecule has 0 saturated carbocycles. The molecule has 0 atom stereocenters. The predicted octanol–water partition coefficient (Wildman–Crippen LogP) is 4.34. The van der Waals surface area contributed by atoms with Gasteiger partial charge in [0.15, 0.2) is 0 Å². The molecule has 0 spiro atoms. The average Bonchev–Trinajstić information content (AvgIpc) is 2.78. The number of halogens is 2. The second kappa shape index (κ2) is 4.90. The van der Waals surface area contributed by atoms with Gasteiger partial charge in [0.05, 0.1) is 5.56 Å². The first-order valence-corrected chi connectivity index (χ1v) is 6.63. The van der Waals surface area contributed by atoms with E-state index in [1.54, 1.807) is 36.0 Å². The van der Waals surface area contributed by atoms with E-state index >= 15 is 0 Å². The molecule has 2 aromatic carbocycles. The van der Waals surface area contributed by atoms with E-state index in [1.807, 2.05) is 0 Å². The minimum absolute atomic E-state index is 0.196. The summed E-state index contributed by atoms with van der Waals surface area (Å²) in [5, 5.41) is 10.3. The summed E-state index contributed by atoms with van der Waals surface area (Å²) in [6.07, 6.45) is 1.77. The summed E-state index contributed by atoms with van der Waals surface area (Å²) in [4.78, 5) is 11.0. The average molecular weight is 304 g/mol. The summed E-state index contributed by atoms with van der Waals surface area (Å²) >= 11 is 5.94. The quantitative estimate of drug-likeness (QED) is 0.765. The van der Waals surface area contributed by atoms with Crippen LogP contribution in [0.15, 0.2) is 42.6 Å². The molecule has 5 heteroatoms. The minimum atomic E-state index is -0.992. The van der Waals surface area contributed by atoms with Crippen molar-refractivity contribution in [2.45, 2.75) is 0 Å². The van der Waals surface area contributed by atoms with Crippen LogP contribution in [0.2, 0.25) is 5.02 Å². The van der Waals surface area contributed by atoms with Crippen molar-refractivity contribution < 1.29 is 14.3 Å². The molecule has 1 N–H and O–H groups in total. The van der Waals surface area contributed by atoms with Crippen LogP contribution in [-0.4, -0.2) is 15.6 Å². The van der Waals surface area contributed by atoms with Crippen molar-refractivity contribution in [2.75, 3.05) is 0 Å². The number of aromatic carboxylic acids is 1. The Hall–Kier alpha value is -2.33. The van der Waals surface area contributed by atoms with E-state index in [2.05, 4.69) is 0 Å². The molecule has 0 fully saturated rings. The molecule has 106 valence electrons. The highest BCUT2D eigenvalue weighted by Crippen LogP contribution is 2.33. The van der Waals surface area contributed by atoms with Gasteiger partial charge in [0.2, 0.25) is 0 Å². The van der Waals surface area contributed by atoms with Gasteiger partial charge >= 0.3 is 5.97 Å². The van der Waals surface area contributed by atoms with Crippen molar-refractivity contribution in [3.8, 4) is 11.1 Å². The number of hydrogen-bond acceptors (Lipinski definition) is 1. The van der Waals surface area contributed by atoms with E-state index in [4.69, 9.17) is 16.7 Å². The molecule has 1 aromatic heterocycles. The first-order valence-electron chi connectivity index (χ1n) is 6.25. The molecule has 3 aromatic rings. The number of nitrogens with zero attached hydrogens (tertiary/aromatic N) is 1. The van der Waals surface area contributed by atoms with Gasteiger partial charge in [-0.1, -0.05) is 17.7 Å². The van der Waals surface area contributed by atoms with Crippen LogP contribution in [0.5, 0.6) is 0 Å². The Labute approximate surface area is 125 Å². The van der Waals surface area contributed by atoms with Gasteiger partial charge in [0, 0.05) is 40.3 Å². The molecular formula is C16H11ClFNO2. The van der Waals surface area contributed by atoms with Crippen molar-refractivity contribution in [1.82, 2.24) is 4.57 Å². The van der Waals surface area contributed by atoms with Gasteiger partial charge in [-0.25, -0.2) is 9.18 Å². The third-order valence-electron chi connectivity index (χ3n) is 3.46. The Morgan fingerprint density at radius 3 is 2.67 bits per heavy atom. The van der Waals surface area contributed by atoms with Gasteiger partial charge in [-0.15, -0.1) is 0 Å². The molecule has 0 aliphatic carbocycles. The Morgan fingerprint density at radius 1 is 1.19 bits per heavy atom. The first-order chi connectivity index (χ1) is 9.97. The second-order valence-corrected chi connectivity index (χ2v) is 5.25. The number of benzene rings is 2. The number of carboxylic acids is 1. The zero-order chi connectivity index (χ0) is 15.1. The lowest BCUT2D eigenvalue weighted by Gasteiger charge is -2.03. The third-order valence-corrected chi connectivity index (χ3v) is 3.69. The first kappa shape index (κ1) is 13.6. The van der Waals surface area contributed by atoms with E-state index in [0.717, 1.165) is 10.9 Å². The number of carbonyl (C=O) groups is 1. The van der Waals surface area contributed by atoms with Gasteiger partial charge in [-0.2, -0.15) is 0 Å². The monoisotopic (exact) mass is 303 g/mol. The van der Waals surface area contributed by atoms with Crippen LogP contribution in [0.25, 0.3) is 22.0 Å². The van der Waals surface area contributed by atoms with Crippen molar-refractivity contribution in [1.29, 1.82) is 0 Å². The number of fused-ring (bicyclic) bond motifs is 1. The number of hydrogen-bond donors (Lipinski definition) is 1. The minimum Gasteiger partial charge on any atom is -0.478 e. The van der Waals surface area contributed by atoms with Crippen molar-refractivity contribution in [3.05, 3.63) is 59.0 Å². The summed E-state index contributed by atoms with van der Waals surface area (Å²) in [5.74, 6) is -1.36. The van der Waals surface area contributed by atoms with Crippen molar-refractivity contribution in [2.24, 2.45) is 7.05 Å². The van der Waals surface area contributed by atoms with Gasteiger partial charge in [-0.3, -0.25) is 0 Å². The maximum Gasteiger partial charge on any atom is 0.335 e. The number of rotatable bonds is 2. The van der Waals surface area contributed by atoms with Crippen molar-refractivity contribution in [3.63, 3.8) is 0 Å². The fourth-order valence-corrected chi connectivity index (χ4v) is 2.61. The highest BCUT2D eigenvalue weighted by Gasteiger charge is 2.14. The molecule has 3 rings (SSSR count). The topological polar surface area (TPSA) is 42.2 Å². The van der Waals surface area contributed by atoms with Crippen LogP contribution in [0, 0.1) is 5.82 Å². The molecule has 0 radical (unpaired) electrons. The maximum absolute atomic E-state index is 14.0. The number of carboxylic acid groups (broad SMARTS) is 1. The molecule has 0 amide bonds. The van der Waals surface area contributed by atoms with Crippen LogP contribution in [0.3, 0.4) is 0 Å². The molecule has 0 aliphatic rings. The highest BCUT2D eigenvalue weighted by atomic mass is 35.5. The van der Waals surface area contributed by atoms with Gasteiger partial charge < -0.3 is 9.67 Å². The lowest BCUT2D eigenvalue weighted by Crippen LogP contribution is -1.96. The summed E-state index contributed by atoms with van der Waals surface area (Å²) in [6.45, 7) is 0. The molecule has 0 bridgehead atoms. The van der Waals surface area contributed by atoms with Gasteiger partial charge in [-0.05, 0) is 30.3 Å². The second-order valence-electron chi connectivity index (χ2n) is 4.81. The van der Waals surface area contributed by atoms with Crippen LogP contribution in [-0.2, 0) is 7.05 Å². The Kier molecular flexibility index (Phi) is 3.18. The maximum atomic E-state index is 14.0. The zero-order valence-electron chi connectivity index (χ0n) is 11.1. The molecule has 21 heavy (non-hydrogen) atoms. The smallest absolute Gasteiger partial charge is 0.335 e. The number of aryl methyl sites for hydroxylation is 1. The van der Waals surface area contributed by atoms with E-state index < -0.39 is 5.97 Å². The summed E-state index contributed by atoms with van der Waals surface area (Å²) in [5.41, 5.74) is 2.01. The summed E-state index contributed by atoms with van der Waals surface area (Å²) < 4.78 is 15.8. The van der Waals surface area contributed by atoms with Gasteiger partial charge in [0.1, 0.15) is 5.82 Å². The molecule has 0 unspecified atom stereocenters. The fraction of sp³-hybridized carbons (Fsp3) is 0.0625. The largest absolute Gasteiger partial charge is 0.478 e. The lowest BCUT2D eigenvalue weighted by atomic mass is 10.0. The molecular weight excluding hydrogens is 293 g/mol. The standard InChI is InChI=1S/C16H11ClFNO2/c1-19-8-13(12-7-10(17)3-5-14(12)18)11-4-2-9(16(20)21)6-15(11)19/h2-8H,1H3,(H,20,21). The highest BCUT2D eigenvalue weighted by molar-refractivity contribution is 6.31. The van der Waals surface area contributed by atoms with E-state index in [0.29, 0.717) is 16.1 Å². The molecule has 0 aliphatic heterocycles. The zero-order valence-corrected chi connectivity index (χ0v) is 11.9. The van der Waals surface area contributed by atoms with Crippen LogP contribution in [0.4, 0.5) is 4.39 Å².